The van der Waals surface area contributed by atoms with E-state index in [1.165, 1.54) is 0 Å². The Hall–Kier alpha value is -2.52. The number of aryl methyl sites for hydroxylation is 1. The molecule has 136 valence electrons. The molecule has 0 bridgehead atoms. The normalized spacial score (nSPS) is 12.7. The van der Waals surface area contributed by atoms with Gasteiger partial charge in [-0.15, -0.1) is 0 Å². The van der Waals surface area contributed by atoms with Gasteiger partial charge in [-0.1, -0.05) is 0 Å². The minimum atomic E-state index is 0.251. The van der Waals surface area contributed by atoms with Gasteiger partial charge in [-0.05, 0) is 24.7 Å². The van der Waals surface area contributed by atoms with Crippen molar-refractivity contribution in [1.29, 1.82) is 0 Å². The molecular formula is C17H20N6O2S. The average molecular weight is 372 g/mol. The van der Waals surface area contributed by atoms with Crippen LogP contribution >= 0.6 is 11.8 Å². The van der Waals surface area contributed by atoms with Crippen LogP contribution in [0.1, 0.15) is 6.42 Å². The summed E-state index contributed by atoms with van der Waals surface area (Å²) in [7, 11) is 4.01. The van der Waals surface area contributed by atoms with E-state index in [0.29, 0.717) is 6.54 Å². The van der Waals surface area contributed by atoms with Crippen molar-refractivity contribution < 1.29 is 9.47 Å². The molecule has 2 aromatic heterocycles. The van der Waals surface area contributed by atoms with Crippen LogP contribution in [0.5, 0.6) is 11.5 Å². The third kappa shape index (κ3) is 3.04. The average Bonchev–Trinajstić information content (AvgIpc) is 3.22. The maximum atomic E-state index is 5.71. The fourth-order valence-electron chi connectivity index (χ4n) is 2.83. The quantitative estimate of drug-likeness (QED) is 0.704. The Morgan fingerprint density at radius 2 is 2.08 bits per heavy atom. The molecule has 8 nitrogen and oxygen atoms in total. The number of rotatable bonds is 6. The minimum Gasteiger partial charge on any atom is -0.454 e. The molecule has 3 aromatic rings. The number of hydrogen-bond donors (Lipinski definition) is 1. The molecule has 0 radical (unpaired) electrons. The first-order chi connectivity index (χ1) is 12.7. The van der Waals surface area contributed by atoms with Gasteiger partial charge in [-0.3, -0.25) is 0 Å². The number of anilines is 1. The van der Waals surface area contributed by atoms with E-state index in [4.69, 9.17) is 20.2 Å². The van der Waals surface area contributed by atoms with Crippen LogP contribution in [0.15, 0.2) is 34.7 Å². The predicted octanol–water partition coefficient (Wildman–Crippen LogP) is 2.12. The number of hydrogen-bond acceptors (Lipinski definition) is 8. The molecule has 9 heteroatoms. The summed E-state index contributed by atoms with van der Waals surface area (Å²) >= 11 is 1.58. The third-order valence-corrected chi connectivity index (χ3v) is 5.14. The summed E-state index contributed by atoms with van der Waals surface area (Å²) in [5, 5.41) is 0.857. The molecule has 0 saturated heterocycles. The lowest BCUT2D eigenvalue weighted by Gasteiger charge is -2.18. The first-order valence-electron chi connectivity index (χ1n) is 8.32. The van der Waals surface area contributed by atoms with Crippen molar-refractivity contribution in [3.8, 4) is 11.5 Å². The fraction of sp³-hybridized carbons (Fsp3) is 0.353. The van der Waals surface area contributed by atoms with Gasteiger partial charge >= 0.3 is 0 Å². The van der Waals surface area contributed by atoms with Crippen LogP contribution in [0.4, 0.5) is 5.69 Å². The number of nitrogens with two attached hydrogens (primary N) is 1. The van der Waals surface area contributed by atoms with E-state index in [-0.39, 0.29) is 6.79 Å². The Morgan fingerprint density at radius 1 is 1.27 bits per heavy atom. The van der Waals surface area contributed by atoms with Crippen LogP contribution in [0, 0.1) is 0 Å². The molecule has 0 unspecified atom stereocenters. The van der Waals surface area contributed by atoms with Crippen LogP contribution in [0.3, 0.4) is 0 Å². The van der Waals surface area contributed by atoms with Crippen molar-refractivity contribution in [3.05, 3.63) is 24.7 Å². The van der Waals surface area contributed by atoms with Crippen LogP contribution in [-0.2, 0) is 6.54 Å². The largest absolute Gasteiger partial charge is 0.454 e. The Balaban J connectivity index is 1.77. The number of benzene rings is 1. The number of imidazole rings is 1. The Bertz CT molecular complexity index is 942. The molecule has 0 atom stereocenters. The van der Waals surface area contributed by atoms with Crippen LogP contribution in [-0.4, -0.2) is 47.0 Å². The zero-order chi connectivity index (χ0) is 18.1. The van der Waals surface area contributed by atoms with Crippen LogP contribution < -0.4 is 20.1 Å². The van der Waals surface area contributed by atoms with E-state index < -0.39 is 0 Å². The molecule has 0 amide bonds. The van der Waals surface area contributed by atoms with Crippen LogP contribution in [0.25, 0.3) is 11.2 Å². The number of nitrogens with zero attached hydrogens (tertiary/aromatic N) is 5. The summed E-state index contributed by atoms with van der Waals surface area (Å²) in [6, 6.07) is 4.00. The van der Waals surface area contributed by atoms with Gasteiger partial charge in [0.2, 0.25) is 6.79 Å². The summed E-state index contributed by atoms with van der Waals surface area (Å²) in [6.07, 6.45) is 4.13. The highest BCUT2D eigenvalue weighted by molar-refractivity contribution is 7.99. The molecule has 4 rings (SSSR count). The zero-order valence-electron chi connectivity index (χ0n) is 14.7. The predicted molar refractivity (Wildman–Crippen MR) is 100 cm³/mol. The third-order valence-electron chi connectivity index (χ3n) is 4.10. The molecule has 3 heterocycles. The van der Waals surface area contributed by atoms with Gasteiger partial charge in [0.25, 0.3) is 0 Å². The molecule has 0 saturated carbocycles. The molecular weight excluding hydrogens is 352 g/mol. The Kier molecular flexibility index (Phi) is 4.56. The smallest absolute Gasteiger partial charge is 0.231 e. The van der Waals surface area contributed by atoms with Crippen molar-refractivity contribution in [2.24, 2.45) is 5.73 Å². The molecule has 1 aromatic carbocycles. The lowest BCUT2D eigenvalue weighted by atomic mass is 10.2. The Morgan fingerprint density at radius 3 is 2.85 bits per heavy atom. The van der Waals surface area contributed by atoms with E-state index in [1.807, 2.05) is 26.2 Å². The van der Waals surface area contributed by atoms with Gasteiger partial charge in [-0.2, -0.15) is 0 Å². The summed E-state index contributed by atoms with van der Waals surface area (Å²) in [6.45, 7) is 1.62. The lowest BCUT2D eigenvalue weighted by Crippen LogP contribution is -2.10. The van der Waals surface area contributed by atoms with Crippen molar-refractivity contribution in [2.45, 2.75) is 23.0 Å². The summed E-state index contributed by atoms with van der Waals surface area (Å²) in [5.41, 5.74) is 8.35. The maximum Gasteiger partial charge on any atom is 0.231 e. The molecule has 0 fully saturated rings. The zero-order valence-corrected chi connectivity index (χ0v) is 15.5. The van der Waals surface area contributed by atoms with Gasteiger partial charge in [-0.25, -0.2) is 15.0 Å². The summed E-state index contributed by atoms with van der Waals surface area (Å²) in [5.74, 6) is 1.52. The van der Waals surface area contributed by atoms with E-state index in [1.54, 1.807) is 24.3 Å². The van der Waals surface area contributed by atoms with E-state index in [2.05, 4.69) is 19.4 Å². The Labute approximate surface area is 155 Å². The maximum absolute atomic E-state index is 5.71. The van der Waals surface area contributed by atoms with Crippen molar-refractivity contribution in [2.75, 3.05) is 32.3 Å². The molecule has 0 spiro atoms. The highest BCUT2D eigenvalue weighted by Crippen LogP contribution is 2.44. The van der Waals surface area contributed by atoms with Crippen molar-refractivity contribution >= 4 is 28.6 Å². The van der Waals surface area contributed by atoms with E-state index in [0.717, 1.165) is 51.4 Å². The number of ether oxygens (including phenoxy) is 2. The molecule has 0 aliphatic carbocycles. The SMILES string of the molecule is CN(C)c1cc2c(cc1Sc1nc3cncnc3n1CCCN)OCO2. The first-order valence-corrected chi connectivity index (χ1v) is 9.14. The summed E-state index contributed by atoms with van der Waals surface area (Å²) < 4.78 is 13.1. The van der Waals surface area contributed by atoms with Gasteiger partial charge in [0.05, 0.1) is 11.9 Å². The highest BCUT2D eigenvalue weighted by atomic mass is 32.2. The lowest BCUT2D eigenvalue weighted by molar-refractivity contribution is 0.174. The van der Waals surface area contributed by atoms with E-state index >= 15 is 0 Å². The van der Waals surface area contributed by atoms with Gasteiger partial charge in [0, 0.05) is 37.7 Å². The molecule has 26 heavy (non-hydrogen) atoms. The second kappa shape index (κ2) is 7.00. The first kappa shape index (κ1) is 16.9. The van der Waals surface area contributed by atoms with Crippen molar-refractivity contribution in [1.82, 2.24) is 19.5 Å². The topological polar surface area (TPSA) is 91.3 Å². The molecule has 1 aliphatic rings. The van der Waals surface area contributed by atoms with Gasteiger partial charge < -0.3 is 24.7 Å². The number of fused-ring (bicyclic) bond motifs is 2. The summed E-state index contributed by atoms with van der Waals surface area (Å²) in [4.78, 5) is 16.3. The van der Waals surface area contributed by atoms with Gasteiger partial charge in [0.1, 0.15) is 11.8 Å². The van der Waals surface area contributed by atoms with E-state index in [9.17, 15) is 0 Å². The van der Waals surface area contributed by atoms with Gasteiger partial charge in [0.15, 0.2) is 22.3 Å². The highest BCUT2D eigenvalue weighted by Gasteiger charge is 2.21. The van der Waals surface area contributed by atoms with Crippen molar-refractivity contribution in [3.63, 3.8) is 0 Å². The molecule has 1 aliphatic heterocycles. The van der Waals surface area contributed by atoms with Crippen LogP contribution in [0.2, 0.25) is 0 Å². The second-order valence-electron chi connectivity index (χ2n) is 6.09. The fourth-order valence-corrected chi connectivity index (χ4v) is 3.97. The minimum absolute atomic E-state index is 0.251. The second-order valence-corrected chi connectivity index (χ2v) is 7.10. The number of aromatic nitrogens is 4. The standard InChI is InChI=1S/C17H20N6O2S/c1-22(2)12-6-13-14(25-10-24-13)7-15(12)26-17-21-11-8-19-9-20-16(11)23(17)5-3-4-18/h6-9H,3-5,10,18H2,1-2H3. The monoisotopic (exact) mass is 372 g/mol. The molecule has 2 N–H and O–H groups in total.